The van der Waals surface area contributed by atoms with Gasteiger partial charge in [0.1, 0.15) is 0 Å². The summed E-state index contributed by atoms with van der Waals surface area (Å²) in [5, 5.41) is 3.16. The summed E-state index contributed by atoms with van der Waals surface area (Å²) in [6.45, 7) is 3.94. The fraction of sp³-hybridized carbons (Fsp3) is 0.750. The number of methoxy groups -OCH3 is 1. The van der Waals surface area contributed by atoms with Gasteiger partial charge in [0.05, 0.1) is 6.61 Å². The zero-order valence-corrected chi connectivity index (χ0v) is 6.89. The van der Waals surface area contributed by atoms with Crippen LogP contribution >= 0.6 is 0 Å². The molecule has 0 saturated heterocycles. The molecule has 0 aromatic rings. The van der Waals surface area contributed by atoms with Gasteiger partial charge in [-0.15, -0.1) is 0 Å². The van der Waals surface area contributed by atoms with Crippen molar-refractivity contribution in [2.24, 2.45) is 0 Å². The lowest BCUT2D eigenvalue weighted by molar-refractivity contribution is 0.233. The fourth-order valence-corrected chi connectivity index (χ4v) is 0.590. The van der Waals surface area contributed by atoms with Crippen LogP contribution in [-0.4, -0.2) is 20.3 Å². The Kier molecular flexibility index (Phi) is 8.07. The van der Waals surface area contributed by atoms with Crippen LogP contribution in [0.4, 0.5) is 0 Å². The first-order valence-corrected chi connectivity index (χ1v) is 3.79. The van der Waals surface area contributed by atoms with Gasteiger partial charge in [-0.05, 0) is 18.7 Å². The number of hydrogen-bond donors (Lipinski definition) is 1. The minimum Gasteiger partial charge on any atom is -0.391 e. The van der Waals surface area contributed by atoms with Crippen molar-refractivity contribution in [1.82, 2.24) is 5.32 Å². The largest absolute Gasteiger partial charge is 0.391 e. The third-order valence-electron chi connectivity index (χ3n) is 1.17. The van der Waals surface area contributed by atoms with Crippen molar-refractivity contribution in [3.05, 3.63) is 12.3 Å². The molecule has 0 bridgehead atoms. The first-order valence-electron chi connectivity index (χ1n) is 3.79. The number of ether oxygens (including phenoxy) is 1. The molecule has 0 aromatic carbocycles. The van der Waals surface area contributed by atoms with Gasteiger partial charge in [-0.25, -0.2) is 0 Å². The van der Waals surface area contributed by atoms with Crippen LogP contribution in [0.25, 0.3) is 0 Å². The average Bonchev–Trinajstić information content (AvgIpc) is 1.97. The second kappa shape index (κ2) is 8.50. The van der Waals surface area contributed by atoms with E-state index in [0.717, 1.165) is 6.54 Å². The summed E-state index contributed by atoms with van der Waals surface area (Å²) < 4.78 is 4.82. The molecule has 0 fully saturated rings. The molecule has 0 amide bonds. The average molecular weight is 143 g/mol. The summed E-state index contributed by atoms with van der Waals surface area (Å²) in [7, 11) is 1.69. The molecule has 0 radical (unpaired) electrons. The second-order valence-corrected chi connectivity index (χ2v) is 2.17. The van der Waals surface area contributed by atoms with Crippen LogP contribution in [0.15, 0.2) is 12.3 Å². The molecular weight excluding hydrogens is 126 g/mol. The van der Waals surface area contributed by atoms with Gasteiger partial charge in [0.25, 0.3) is 0 Å². The van der Waals surface area contributed by atoms with E-state index in [9.17, 15) is 0 Å². The SMILES string of the molecule is CCCCNC=CCOC. The van der Waals surface area contributed by atoms with E-state index in [0.29, 0.717) is 6.61 Å². The van der Waals surface area contributed by atoms with E-state index in [1.807, 2.05) is 12.3 Å². The van der Waals surface area contributed by atoms with Crippen LogP contribution in [0.1, 0.15) is 19.8 Å². The van der Waals surface area contributed by atoms with Gasteiger partial charge in [0.15, 0.2) is 0 Å². The molecule has 2 heteroatoms. The van der Waals surface area contributed by atoms with Gasteiger partial charge in [0, 0.05) is 13.7 Å². The van der Waals surface area contributed by atoms with E-state index in [-0.39, 0.29) is 0 Å². The fourth-order valence-electron chi connectivity index (χ4n) is 0.590. The summed E-state index contributed by atoms with van der Waals surface area (Å²) in [5.74, 6) is 0. The maximum atomic E-state index is 4.82. The standard InChI is InChI=1S/C8H17NO/c1-3-4-6-9-7-5-8-10-2/h5,7,9H,3-4,6,8H2,1-2H3. The van der Waals surface area contributed by atoms with Crippen LogP contribution in [-0.2, 0) is 4.74 Å². The lowest BCUT2D eigenvalue weighted by atomic mass is 10.3. The van der Waals surface area contributed by atoms with Crippen molar-refractivity contribution in [3.63, 3.8) is 0 Å². The summed E-state index contributed by atoms with van der Waals surface area (Å²) in [5.41, 5.74) is 0. The molecule has 0 unspecified atom stereocenters. The van der Waals surface area contributed by atoms with Gasteiger partial charge in [-0.2, -0.15) is 0 Å². The van der Waals surface area contributed by atoms with E-state index in [4.69, 9.17) is 4.74 Å². The van der Waals surface area contributed by atoms with Crippen molar-refractivity contribution in [2.75, 3.05) is 20.3 Å². The van der Waals surface area contributed by atoms with E-state index in [1.54, 1.807) is 7.11 Å². The van der Waals surface area contributed by atoms with Crippen LogP contribution in [0, 0.1) is 0 Å². The highest BCUT2D eigenvalue weighted by atomic mass is 16.5. The highest BCUT2D eigenvalue weighted by Gasteiger charge is 1.77. The molecule has 0 rings (SSSR count). The molecule has 0 aliphatic carbocycles. The summed E-state index contributed by atoms with van der Waals surface area (Å²) in [6, 6.07) is 0. The summed E-state index contributed by atoms with van der Waals surface area (Å²) in [6.07, 6.45) is 6.39. The molecule has 0 heterocycles. The number of unbranched alkanes of at least 4 members (excludes halogenated alkanes) is 1. The Labute approximate surface area is 63.3 Å². The zero-order valence-electron chi connectivity index (χ0n) is 6.89. The highest BCUT2D eigenvalue weighted by Crippen LogP contribution is 1.81. The third kappa shape index (κ3) is 7.50. The molecule has 0 atom stereocenters. The molecule has 1 N–H and O–H groups in total. The van der Waals surface area contributed by atoms with E-state index >= 15 is 0 Å². The molecule has 2 nitrogen and oxygen atoms in total. The molecule has 0 aliphatic heterocycles. The Morgan fingerprint density at radius 1 is 1.50 bits per heavy atom. The second-order valence-electron chi connectivity index (χ2n) is 2.17. The lowest BCUT2D eigenvalue weighted by Crippen LogP contribution is -2.06. The third-order valence-corrected chi connectivity index (χ3v) is 1.17. The minimum atomic E-state index is 0.694. The van der Waals surface area contributed by atoms with Crippen molar-refractivity contribution in [2.45, 2.75) is 19.8 Å². The number of nitrogens with one attached hydrogen (secondary N) is 1. The quantitative estimate of drug-likeness (QED) is 0.569. The van der Waals surface area contributed by atoms with Gasteiger partial charge in [0.2, 0.25) is 0 Å². The maximum absolute atomic E-state index is 4.82. The van der Waals surface area contributed by atoms with Gasteiger partial charge in [-0.3, -0.25) is 0 Å². The molecule has 0 aliphatic rings. The van der Waals surface area contributed by atoms with Crippen LogP contribution in [0.3, 0.4) is 0 Å². The Morgan fingerprint density at radius 3 is 2.90 bits per heavy atom. The molecule has 10 heavy (non-hydrogen) atoms. The van der Waals surface area contributed by atoms with Crippen molar-refractivity contribution < 1.29 is 4.74 Å². The van der Waals surface area contributed by atoms with Crippen LogP contribution in [0.5, 0.6) is 0 Å². The Bertz CT molecular complexity index is 81.3. The Hall–Kier alpha value is -0.500. The van der Waals surface area contributed by atoms with Gasteiger partial charge < -0.3 is 10.1 Å². The Morgan fingerprint density at radius 2 is 2.30 bits per heavy atom. The van der Waals surface area contributed by atoms with Crippen LogP contribution < -0.4 is 5.32 Å². The summed E-state index contributed by atoms with van der Waals surface area (Å²) in [4.78, 5) is 0. The Balaban J connectivity index is 2.88. The van der Waals surface area contributed by atoms with E-state index in [1.165, 1.54) is 12.8 Å². The zero-order chi connectivity index (χ0) is 7.66. The molecule has 0 spiro atoms. The number of rotatable bonds is 6. The molecule has 60 valence electrons. The van der Waals surface area contributed by atoms with Crippen molar-refractivity contribution in [1.29, 1.82) is 0 Å². The van der Waals surface area contributed by atoms with E-state index < -0.39 is 0 Å². The minimum absolute atomic E-state index is 0.694. The first kappa shape index (κ1) is 9.50. The predicted molar refractivity (Wildman–Crippen MR) is 43.9 cm³/mol. The maximum Gasteiger partial charge on any atom is 0.0660 e. The van der Waals surface area contributed by atoms with Crippen LogP contribution in [0.2, 0.25) is 0 Å². The van der Waals surface area contributed by atoms with E-state index in [2.05, 4.69) is 12.2 Å². The highest BCUT2D eigenvalue weighted by molar-refractivity contribution is 4.78. The first-order chi connectivity index (χ1) is 4.91. The van der Waals surface area contributed by atoms with Crippen molar-refractivity contribution >= 4 is 0 Å². The van der Waals surface area contributed by atoms with Crippen molar-refractivity contribution in [3.8, 4) is 0 Å². The molecular formula is C8H17NO. The summed E-state index contributed by atoms with van der Waals surface area (Å²) >= 11 is 0. The lowest BCUT2D eigenvalue weighted by Gasteiger charge is -1.96. The number of hydrogen-bond acceptors (Lipinski definition) is 2. The van der Waals surface area contributed by atoms with Gasteiger partial charge >= 0.3 is 0 Å². The smallest absolute Gasteiger partial charge is 0.0660 e. The predicted octanol–water partition coefficient (Wildman–Crippen LogP) is 1.54. The van der Waals surface area contributed by atoms with Gasteiger partial charge in [-0.1, -0.05) is 13.3 Å². The molecule has 0 aromatic heterocycles. The monoisotopic (exact) mass is 143 g/mol. The topological polar surface area (TPSA) is 21.3 Å². The normalized spacial score (nSPS) is 10.6. The molecule has 0 saturated carbocycles.